The lowest BCUT2D eigenvalue weighted by atomic mass is 9.84. The second-order valence-electron chi connectivity index (χ2n) is 5.96. The van der Waals surface area contributed by atoms with Gasteiger partial charge in [0.2, 0.25) is 0 Å². The summed E-state index contributed by atoms with van der Waals surface area (Å²) in [5.41, 5.74) is 7.61. The maximum absolute atomic E-state index is 13.7. The van der Waals surface area contributed by atoms with Crippen LogP contribution in [0.25, 0.3) is 0 Å². The minimum absolute atomic E-state index is 0.269. The molecule has 4 heteroatoms. The van der Waals surface area contributed by atoms with Gasteiger partial charge in [-0.05, 0) is 25.2 Å². The monoisotopic (exact) mass is 266 g/mol. The first-order valence-electron chi connectivity index (χ1n) is 6.90. The van der Waals surface area contributed by atoms with E-state index >= 15 is 0 Å². The summed E-state index contributed by atoms with van der Waals surface area (Å²) in [6.45, 7) is 8.70. The van der Waals surface area contributed by atoms with E-state index in [1.54, 1.807) is 6.07 Å². The number of nitrogens with zero attached hydrogens (tertiary/aromatic N) is 1. The summed E-state index contributed by atoms with van der Waals surface area (Å²) in [4.78, 5) is 2.24. The third-order valence-corrected chi connectivity index (χ3v) is 3.62. The van der Waals surface area contributed by atoms with Crippen molar-refractivity contribution in [1.82, 2.24) is 0 Å². The Balaban J connectivity index is 2.30. The van der Waals surface area contributed by atoms with Crippen molar-refractivity contribution in [3.8, 4) is 5.75 Å². The molecule has 0 radical (unpaired) electrons. The van der Waals surface area contributed by atoms with Crippen molar-refractivity contribution >= 4 is 11.4 Å². The third-order valence-electron chi connectivity index (χ3n) is 3.62. The fourth-order valence-electron chi connectivity index (χ4n) is 2.73. The van der Waals surface area contributed by atoms with Gasteiger partial charge in [0.05, 0.1) is 18.0 Å². The van der Waals surface area contributed by atoms with Gasteiger partial charge in [0, 0.05) is 25.2 Å². The van der Waals surface area contributed by atoms with E-state index in [0.717, 1.165) is 25.2 Å². The molecule has 2 N–H and O–H groups in total. The van der Waals surface area contributed by atoms with E-state index in [1.807, 2.05) is 6.92 Å². The summed E-state index contributed by atoms with van der Waals surface area (Å²) in [6, 6.07) is 3.09. The van der Waals surface area contributed by atoms with Crippen molar-refractivity contribution in [2.75, 3.05) is 30.3 Å². The maximum atomic E-state index is 13.7. The quantitative estimate of drug-likeness (QED) is 0.852. The van der Waals surface area contributed by atoms with Gasteiger partial charge in [0.25, 0.3) is 0 Å². The van der Waals surface area contributed by atoms with E-state index in [0.29, 0.717) is 12.3 Å². The highest BCUT2D eigenvalue weighted by atomic mass is 19.1. The van der Waals surface area contributed by atoms with Crippen LogP contribution in [0.4, 0.5) is 15.8 Å². The molecule has 1 aromatic carbocycles. The molecular weight excluding hydrogens is 243 g/mol. The zero-order valence-corrected chi connectivity index (χ0v) is 12.0. The zero-order valence-electron chi connectivity index (χ0n) is 12.0. The van der Waals surface area contributed by atoms with Gasteiger partial charge in [-0.1, -0.05) is 13.8 Å². The third kappa shape index (κ3) is 3.11. The molecule has 0 bridgehead atoms. The van der Waals surface area contributed by atoms with Crippen molar-refractivity contribution < 1.29 is 9.13 Å². The smallest absolute Gasteiger partial charge is 0.167 e. The van der Waals surface area contributed by atoms with E-state index in [4.69, 9.17) is 10.5 Å². The predicted octanol–water partition coefficient (Wildman–Crippen LogP) is 3.43. The fraction of sp³-hybridized carbons (Fsp3) is 0.600. The Hall–Kier alpha value is -1.45. The van der Waals surface area contributed by atoms with E-state index in [2.05, 4.69) is 18.7 Å². The first-order valence-corrected chi connectivity index (χ1v) is 6.90. The number of nitrogens with two attached hydrogens (primary N) is 1. The fourth-order valence-corrected chi connectivity index (χ4v) is 2.73. The first kappa shape index (κ1) is 14.0. The van der Waals surface area contributed by atoms with Gasteiger partial charge < -0.3 is 15.4 Å². The number of piperidine rings is 1. The van der Waals surface area contributed by atoms with Crippen LogP contribution in [-0.4, -0.2) is 19.7 Å². The summed E-state index contributed by atoms with van der Waals surface area (Å²) < 4.78 is 19.0. The lowest BCUT2D eigenvalue weighted by molar-refractivity contribution is 0.292. The summed E-state index contributed by atoms with van der Waals surface area (Å²) in [7, 11) is 0. The molecule has 1 saturated heterocycles. The van der Waals surface area contributed by atoms with Crippen molar-refractivity contribution in [2.24, 2.45) is 5.41 Å². The number of hydrogen-bond acceptors (Lipinski definition) is 3. The van der Waals surface area contributed by atoms with Gasteiger partial charge in [-0.3, -0.25) is 0 Å². The Morgan fingerprint density at radius 2 is 2.16 bits per heavy atom. The van der Waals surface area contributed by atoms with E-state index < -0.39 is 0 Å². The second-order valence-corrected chi connectivity index (χ2v) is 5.96. The summed E-state index contributed by atoms with van der Waals surface area (Å²) >= 11 is 0. The number of hydrogen-bond donors (Lipinski definition) is 1. The lowest BCUT2D eigenvalue weighted by Gasteiger charge is -2.40. The highest BCUT2D eigenvalue weighted by Gasteiger charge is 2.28. The number of nitrogen functional groups attached to an aromatic ring is 1. The number of benzene rings is 1. The van der Waals surface area contributed by atoms with Gasteiger partial charge in [0.15, 0.2) is 11.6 Å². The van der Waals surface area contributed by atoms with Crippen LogP contribution in [0.5, 0.6) is 5.75 Å². The molecule has 1 heterocycles. The Morgan fingerprint density at radius 1 is 1.42 bits per heavy atom. The Morgan fingerprint density at radius 3 is 2.79 bits per heavy atom. The van der Waals surface area contributed by atoms with Crippen LogP contribution in [0.2, 0.25) is 0 Å². The van der Waals surface area contributed by atoms with Crippen LogP contribution in [-0.2, 0) is 0 Å². The molecule has 0 aliphatic carbocycles. The molecule has 0 atom stereocenters. The van der Waals surface area contributed by atoms with Crippen LogP contribution >= 0.6 is 0 Å². The molecule has 1 aliphatic heterocycles. The number of rotatable bonds is 3. The molecule has 19 heavy (non-hydrogen) atoms. The molecule has 0 aromatic heterocycles. The molecule has 2 rings (SSSR count). The van der Waals surface area contributed by atoms with Crippen LogP contribution in [0.3, 0.4) is 0 Å². The maximum Gasteiger partial charge on any atom is 0.167 e. The van der Waals surface area contributed by atoms with Crippen LogP contribution in [0, 0.1) is 11.2 Å². The molecule has 1 aliphatic rings. The Bertz CT molecular complexity index is 460. The van der Waals surface area contributed by atoms with Crippen molar-refractivity contribution in [1.29, 1.82) is 0 Å². The number of anilines is 2. The highest BCUT2D eigenvalue weighted by Crippen LogP contribution is 2.36. The van der Waals surface area contributed by atoms with Crippen molar-refractivity contribution in [2.45, 2.75) is 33.6 Å². The van der Waals surface area contributed by atoms with E-state index in [1.165, 1.54) is 12.5 Å². The average molecular weight is 266 g/mol. The van der Waals surface area contributed by atoms with Crippen molar-refractivity contribution in [3.05, 3.63) is 17.9 Å². The molecule has 1 fully saturated rings. The minimum atomic E-state index is -0.389. The standard InChI is InChI=1S/C15H23FN2O/c1-4-19-14-9-13(12(17)8-11(14)16)18-7-5-6-15(2,3)10-18/h8-9H,4-7,10,17H2,1-3H3. The second kappa shape index (κ2) is 5.27. The van der Waals surface area contributed by atoms with E-state index in [-0.39, 0.29) is 17.0 Å². The molecule has 106 valence electrons. The predicted molar refractivity (Wildman–Crippen MR) is 77.2 cm³/mol. The SMILES string of the molecule is CCOc1cc(N2CCCC(C)(C)C2)c(N)cc1F. The van der Waals surface area contributed by atoms with Crippen LogP contribution in [0.1, 0.15) is 33.6 Å². The topological polar surface area (TPSA) is 38.5 Å². The largest absolute Gasteiger partial charge is 0.491 e. The molecule has 0 saturated carbocycles. The summed E-state index contributed by atoms with van der Waals surface area (Å²) in [5.74, 6) is -0.102. The Kier molecular flexibility index (Phi) is 3.88. The zero-order chi connectivity index (χ0) is 14.0. The lowest BCUT2D eigenvalue weighted by Crippen LogP contribution is -2.40. The normalized spacial score (nSPS) is 18.4. The van der Waals surface area contributed by atoms with E-state index in [9.17, 15) is 4.39 Å². The van der Waals surface area contributed by atoms with Crippen molar-refractivity contribution in [3.63, 3.8) is 0 Å². The van der Waals surface area contributed by atoms with Gasteiger partial charge in [-0.25, -0.2) is 4.39 Å². The summed E-state index contributed by atoms with van der Waals surface area (Å²) in [5, 5.41) is 0. The number of ether oxygens (including phenoxy) is 1. The molecule has 3 nitrogen and oxygen atoms in total. The van der Waals surface area contributed by atoms with Crippen LogP contribution in [0.15, 0.2) is 12.1 Å². The molecular formula is C15H23FN2O. The molecule has 1 aromatic rings. The number of halogens is 1. The van der Waals surface area contributed by atoms with Gasteiger partial charge in [-0.15, -0.1) is 0 Å². The summed E-state index contributed by atoms with van der Waals surface area (Å²) in [6.07, 6.45) is 2.34. The Labute approximate surface area is 114 Å². The molecule has 0 spiro atoms. The minimum Gasteiger partial charge on any atom is -0.491 e. The highest BCUT2D eigenvalue weighted by molar-refractivity contribution is 5.70. The average Bonchev–Trinajstić information content (AvgIpc) is 2.31. The first-order chi connectivity index (χ1) is 8.93. The van der Waals surface area contributed by atoms with Gasteiger partial charge in [-0.2, -0.15) is 0 Å². The molecule has 0 unspecified atom stereocenters. The van der Waals surface area contributed by atoms with Crippen LogP contribution < -0.4 is 15.4 Å². The molecule has 0 amide bonds. The van der Waals surface area contributed by atoms with Gasteiger partial charge >= 0.3 is 0 Å². The van der Waals surface area contributed by atoms with Gasteiger partial charge in [0.1, 0.15) is 0 Å².